The summed E-state index contributed by atoms with van der Waals surface area (Å²) in [5.74, 6) is -1.19. The van der Waals surface area contributed by atoms with Crippen LogP contribution in [0.15, 0.2) is 72.8 Å². The molecule has 0 saturated heterocycles. The number of rotatable bonds is 9. The number of alkyl halides is 3. The molecule has 5 rings (SSSR count). The second-order valence-corrected chi connectivity index (χ2v) is 9.91. The van der Waals surface area contributed by atoms with Gasteiger partial charge in [-0.2, -0.15) is 23.5 Å². The van der Waals surface area contributed by atoms with Crippen molar-refractivity contribution in [1.82, 2.24) is 15.1 Å². The average Bonchev–Trinajstić information content (AvgIpc) is 3.68. The van der Waals surface area contributed by atoms with E-state index < -0.39 is 29.3 Å². The highest BCUT2D eigenvalue weighted by Crippen LogP contribution is 2.33. The van der Waals surface area contributed by atoms with Gasteiger partial charge in [-0.25, -0.2) is 9.07 Å². The van der Waals surface area contributed by atoms with Crippen LogP contribution in [0.3, 0.4) is 0 Å². The van der Waals surface area contributed by atoms with Gasteiger partial charge >= 0.3 is 6.18 Å². The van der Waals surface area contributed by atoms with Gasteiger partial charge < -0.3 is 16.4 Å². The summed E-state index contributed by atoms with van der Waals surface area (Å²) >= 11 is 0. The molecule has 1 aromatic heterocycles. The molecule has 1 aliphatic rings. The van der Waals surface area contributed by atoms with E-state index in [1.807, 2.05) is 0 Å². The summed E-state index contributed by atoms with van der Waals surface area (Å²) in [5, 5.41) is 18.7. The number of halogens is 4. The lowest BCUT2D eigenvalue weighted by Gasteiger charge is -2.21. The molecule has 0 radical (unpaired) electrons. The standard InChI is InChI=1S/C30H26F4N6O/c31-24-11-10-22(28(37-17-19-4-5-19)21-8-6-18(15-35)7-9-21)13-25(24)38-29(41)26-14-27(30(32,33)34)39-40(26)23-3-1-2-20(12-23)16-36/h1-3,6-14,19,28,37H,4-5,16-17,36H2,(H,38,41)/t28-/m0/s1. The Kier molecular flexibility index (Phi) is 7.88. The van der Waals surface area contributed by atoms with Crippen molar-refractivity contribution in [3.05, 3.63) is 112 Å². The number of nitriles is 1. The summed E-state index contributed by atoms with van der Waals surface area (Å²) in [4.78, 5) is 13.3. The molecular weight excluding hydrogens is 536 g/mol. The number of carbonyl (C=O) groups excluding carboxylic acids is 1. The van der Waals surface area contributed by atoms with Crippen LogP contribution >= 0.6 is 0 Å². The monoisotopic (exact) mass is 562 g/mol. The number of amides is 1. The third-order valence-electron chi connectivity index (χ3n) is 6.88. The molecule has 0 bridgehead atoms. The van der Waals surface area contributed by atoms with Crippen LogP contribution in [0.5, 0.6) is 0 Å². The van der Waals surface area contributed by atoms with E-state index in [2.05, 4.69) is 21.8 Å². The second-order valence-electron chi connectivity index (χ2n) is 9.91. The minimum absolute atomic E-state index is 0.135. The van der Waals surface area contributed by atoms with Gasteiger partial charge in [0.15, 0.2) is 5.69 Å². The molecule has 41 heavy (non-hydrogen) atoms. The van der Waals surface area contributed by atoms with Crippen molar-refractivity contribution in [3.8, 4) is 11.8 Å². The Hall–Kier alpha value is -4.53. The van der Waals surface area contributed by atoms with Crippen molar-refractivity contribution in [2.24, 2.45) is 11.7 Å². The maximum atomic E-state index is 15.0. The van der Waals surface area contributed by atoms with Gasteiger partial charge in [0.25, 0.3) is 5.91 Å². The van der Waals surface area contributed by atoms with Crippen LogP contribution < -0.4 is 16.4 Å². The van der Waals surface area contributed by atoms with Crippen LogP contribution in [0.1, 0.15) is 57.3 Å². The van der Waals surface area contributed by atoms with Crippen molar-refractivity contribution in [1.29, 1.82) is 5.26 Å². The number of nitrogens with zero attached hydrogens (tertiary/aromatic N) is 3. The Bertz CT molecular complexity index is 1600. The van der Waals surface area contributed by atoms with Gasteiger partial charge in [-0.05, 0) is 78.4 Å². The van der Waals surface area contributed by atoms with Gasteiger partial charge in [0.2, 0.25) is 0 Å². The molecule has 1 aliphatic carbocycles. The molecule has 1 atom stereocenters. The van der Waals surface area contributed by atoms with Crippen LogP contribution in [0.2, 0.25) is 0 Å². The van der Waals surface area contributed by atoms with Crippen molar-refractivity contribution >= 4 is 11.6 Å². The van der Waals surface area contributed by atoms with Crippen LogP contribution in [-0.4, -0.2) is 22.2 Å². The first-order chi connectivity index (χ1) is 19.7. The largest absolute Gasteiger partial charge is 0.435 e. The quantitative estimate of drug-likeness (QED) is 0.227. The van der Waals surface area contributed by atoms with Crippen molar-refractivity contribution in [2.45, 2.75) is 31.6 Å². The Morgan fingerprint density at radius 1 is 1.07 bits per heavy atom. The summed E-state index contributed by atoms with van der Waals surface area (Å²) in [6.45, 7) is 0.862. The van der Waals surface area contributed by atoms with E-state index in [1.54, 1.807) is 42.5 Å². The van der Waals surface area contributed by atoms with Gasteiger partial charge in [0.05, 0.1) is 29.0 Å². The van der Waals surface area contributed by atoms with Crippen molar-refractivity contribution < 1.29 is 22.4 Å². The van der Waals surface area contributed by atoms with Crippen LogP contribution in [0.25, 0.3) is 5.69 Å². The number of aromatic nitrogens is 2. The fourth-order valence-corrected chi connectivity index (χ4v) is 4.48. The number of carbonyl (C=O) groups is 1. The Balaban J connectivity index is 1.48. The zero-order chi connectivity index (χ0) is 29.1. The van der Waals surface area contributed by atoms with E-state index in [0.717, 1.165) is 29.6 Å². The summed E-state index contributed by atoms with van der Waals surface area (Å²) in [6, 6.07) is 19.9. The van der Waals surface area contributed by atoms with E-state index >= 15 is 0 Å². The SMILES string of the molecule is N#Cc1ccc([C@H](NCC2CC2)c2ccc(F)c(NC(=O)c3cc(C(F)(F)F)nn3-c3cccc(CN)c3)c2)cc1. The van der Waals surface area contributed by atoms with E-state index in [9.17, 15) is 22.4 Å². The summed E-state index contributed by atoms with van der Waals surface area (Å²) < 4.78 is 56.5. The summed E-state index contributed by atoms with van der Waals surface area (Å²) in [7, 11) is 0. The van der Waals surface area contributed by atoms with Gasteiger partial charge in [0.1, 0.15) is 11.5 Å². The molecule has 1 fully saturated rings. The lowest BCUT2D eigenvalue weighted by atomic mass is 9.97. The lowest BCUT2D eigenvalue weighted by molar-refractivity contribution is -0.141. The number of nitrogens with two attached hydrogens (primary N) is 1. The summed E-state index contributed by atoms with van der Waals surface area (Å²) in [6.07, 6.45) is -2.59. The predicted molar refractivity (Wildman–Crippen MR) is 145 cm³/mol. The molecule has 0 unspecified atom stereocenters. The van der Waals surface area contributed by atoms with Gasteiger partial charge in [-0.3, -0.25) is 4.79 Å². The zero-order valence-electron chi connectivity index (χ0n) is 21.8. The molecule has 4 N–H and O–H groups in total. The van der Waals surface area contributed by atoms with Crippen molar-refractivity contribution in [2.75, 3.05) is 11.9 Å². The first-order valence-electron chi connectivity index (χ1n) is 13.0. The van der Waals surface area contributed by atoms with E-state index in [0.29, 0.717) is 28.7 Å². The minimum Gasteiger partial charge on any atom is -0.326 e. The highest BCUT2D eigenvalue weighted by Gasteiger charge is 2.36. The molecular formula is C30H26F4N6O. The number of anilines is 1. The van der Waals surface area contributed by atoms with Gasteiger partial charge in [-0.1, -0.05) is 30.3 Å². The highest BCUT2D eigenvalue weighted by atomic mass is 19.4. The molecule has 7 nitrogen and oxygen atoms in total. The number of hydrogen-bond donors (Lipinski definition) is 3. The van der Waals surface area contributed by atoms with Gasteiger partial charge in [0, 0.05) is 12.6 Å². The van der Waals surface area contributed by atoms with E-state index in [-0.39, 0.29) is 24.0 Å². The summed E-state index contributed by atoms with van der Waals surface area (Å²) in [5.41, 5.74) is 6.58. The van der Waals surface area contributed by atoms with Gasteiger partial charge in [-0.15, -0.1) is 0 Å². The molecule has 210 valence electrons. The Labute approximate surface area is 233 Å². The molecule has 4 aromatic rings. The first-order valence-corrected chi connectivity index (χ1v) is 13.0. The topological polar surface area (TPSA) is 109 Å². The minimum atomic E-state index is -4.81. The maximum Gasteiger partial charge on any atom is 0.435 e. The molecule has 1 saturated carbocycles. The first kappa shape index (κ1) is 28.0. The zero-order valence-corrected chi connectivity index (χ0v) is 21.8. The number of hydrogen-bond acceptors (Lipinski definition) is 5. The highest BCUT2D eigenvalue weighted by molar-refractivity contribution is 6.03. The Morgan fingerprint density at radius 2 is 1.80 bits per heavy atom. The predicted octanol–water partition coefficient (Wildman–Crippen LogP) is 5.70. The normalized spacial score (nSPS) is 14.0. The molecule has 3 aromatic carbocycles. The van der Waals surface area contributed by atoms with Crippen molar-refractivity contribution in [3.63, 3.8) is 0 Å². The smallest absolute Gasteiger partial charge is 0.326 e. The fourth-order valence-electron chi connectivity index (χ4n) is 4.48. The number of nitrogens with one attached hydrogen (secondary N) is 2. The molecule has 0 spiro atoms. The Morgan fingerprint density at radius 3 is 2.46 bits per heavy atom. The maximum absolute atomic E-state index is 15.0. The fraction of sp³-hybridized carbons (Fsp3) is 0.233. The molecule has 11 heteroatoms. The van der Waals surface area contributed by atoms with Crippen LogP contribution in [0, 0.1) is 23.1 Å². The van der Waals surface area contributed by atoms with E-state index in [4.69, 9.17) is 11.0 Å². The molecule has 1 heterocycles. The lowest BCUT2D eigenvalue weighted by Crippen LogP contribution is -2.25. The van der Waals surface area contributed by atoms with Crippen LogP contribution in [-0.2, 0) is 12.7 Å². The third-order valence-corrected chi connectivity index (χ3v) is 6.88. The second kappa shape index (κ2) is 11.5. The number of benzene rings is 3. The third kappa shape index (κ3) is 6.45. The average molecular weight is 563 g/mol. The molecule has 0 aliphatic heterocycles. The van der Waals surface area contributed by atoms with E-state index in [1.165, 1.54) is 24.3 Å². The van der Waals surface area contributed by atoms with Crippen LogP contribution in [0.4, 0.5) is 23.2 Å². The molecule has 1 amide bonds.